The average molecular weight is 524 g/mol. The third kappa shape index (κ3) is 4.55. The SMILES string of the molecule is CCN(c1c(C)nn(C)c1C)[S+](=O)(O)c1c(Cl)cc(-c2ccnc(N3CCNCC3)c2)cc1Cl. The molecule has 0 bridgehead atoms. The number of aryl methyl sites for hydroxylation is 2. The van der Waals surface area contributed by atoms with Crippen LogP contribution in [-0.4, -0.2) is 52.0 Å². The fraction of sp³-hybridized carbons (Fsp3) is 0.391. The van der Waals surface area contributed by atoms with Crippen LogP contribution in [0.25, 0.3) is 11.1 Å². The molecule has 2 N–H and O–H groups in total. The fourth-order valence-electron chi connectivity index (χ4n) is 4.34. The van der Waals surface area contributed by atoms with Crippen molar-refractivity contribution < 1.29 is 8.76 Å². The molecule has 1 atom stereocenters. The predicted molar refractivity (Wildman–Crippen MR) is 139 cm³/mol. The Morgan fingerprint density at radius 3 is 2.35 bits per heavy atom. The van der Waals surface area contributed by atoms with E-state index in [0.29, 0.717) is 11.4 Å². The summed E-state index contributed by atoms with van der Waals surface area (Å²) in [5, 5.41) is 7.99. The van der Waals surface area contributed by atoms with Gasteiger partial charge in [0.15, 0.2) is 0 Å². The molecule has 11 heteroatoms. The topological polar surface area (TPSA) is 86.5 Å². The second-order valence-electron chi connectivity index (χ2n) is 8.24. The molecule has 0 amide bonds. The lowest BCUT2D eigenvalue weighted by Crippen LogP contribution is -2.43. The molecule has 2 aromatic heterocycles. The Labute approximate surface area is 211 Å². The van der Waals surface area contributed by atoms with E-state index >= 15 is 0 Å². The Balaban J connectivity index is 1.73. The molecular weight excluding hydrogens is 495 g/mol. The number of halogens is 2. The molecule has 4 rings (SSSR count). The summed E-state index contributed by atoms with van der Waals surface area (Å²) in [6.07, 6.45) is 1.75. The number of aromatic nitrogens is 3. The summed E-state index contributed by atoms with van der Waals surface area (Å²) in [4.78, 5) is 6.73. The number of nitrogens with zero attached hydrogens (tertiary/aromatic N) is 5. The third-order valence-corrected chi connectivity index (χ3v) is 8.92. The van der Waals surface area contributed by atoms with E-state index in [2.05, 4.69) is 20.3 Å². The van der Waals surface area contributed by atoms with Crippen molar-refractivity contribution in [1.82, 2.24) is 20.1 Å². The highest BCUT2D eigenvalue weighted by atomic mass is 35.5. The van der Waals surface area contributed by atoms with E-state index in [-0.39, 0.29) is 21.5 Å². The average Bonchev–Trinajstić information content (AvgIpc) is 3.05. The van der Waals surface area contributed by atoms with Crippen LogP contribution in [0.5, 0.6) is 0 Å². The molecule has 1 aliphatic heterocycles. The summed E-state index contributed by atoms with van der Waals surface area (Å²) >= 11 is 13.3. The van der Waals surface area contributed by atoms with Gasteiger partial charge >= 0.3 is 10.4 Å². The van der Waals surface area contributed by atoms with Crippen LogP contribution in [0.3, 0.4) is 0 Å². The maximum absolute atomic E-state index is 13.8. The van der Waals surface area contributed by atoms with Gasteiger partial charge in [-0.25, -0.2) is 4.98 Å². The first-order chi connectivity index (χ1) is 16.1. The first kappa shape index (κ1) is 24.9. The largest absolute Gasteiger partial charge is 0.354 e. The highest BCUT2D eigenvalue weighted by Crippen LogP contribution is 2.41. The van der Waals surface area contributed by atoms with E-state index in [9.17, 15) is 8.76 Å². The van der Waals surface area contributed by atoms with Crippen LogP contribution in [0.2, 0.25) is 10.0 Å². The third-order valence-electron chi connectivity index (χ3n) is 6.09. The Kier molecular flexibility index (Phi) is 7.21. The Morgan fingerprint density at radius 2 is 1.79 bits per heavy atom. The quantitative estimate of drug-likeness (QED) is 0.459. The van der Waals surface area contributed by atoms with Crippen LogP contribution >= 0.6 is 23.2 Å². The maximum Gasteiger partial charge on any atom is 0.351 e. The zero-order chi connectivity index (χ0) is 24.6. The molecule has 0 radical (unpaired) electrons. The zero-order valence-corrected chi connectivity index (χ0v) is 22.0. The van der Waals surface area contributed by atoms with Crippen LogP contribution in [0.1, 0.15) is 18.3 Å². The van der Waals surface area contributed by atoms with Gasteiger partial charge in [0.05, 0.1) is 17.9 Å². The molecule has 1 unspecified atom stereocenters. The molecule has 182 valence electrons. The zero-order valence-electron chi connectivity index (χ0n) is 19.7. The van der Waals surface area contributed by atoms with Crippen molar-refractivity contribution >= 4 is 45.1 Å². The van der Waals surface area contributed by atoms with Gasteiger partial charge < -0.3 is 10.2 Å². The minimum Gasteiger partial charge on any atom is -0.354 e. The van der Waals surface area contributed by atoms with E-state index < -0.39 is 10.4 Å². The summed E-state index contributed by atoms with van der Waals surface area (Å²) < 4.78 is 28.3. The summed E-state index contributed by atoms with van der Waals surface area (Å²) in [6.45, 7) is 9.33. The summed E-state index contributed by atoms with van der Waals surface area (Å²) in [5.41, 5.74) is 3.68. The molecule has 3 heterocycles. The molecule has 3 aromatic rings. The number of benzene rings is 1. The van der Waals surface area contributed by atoms with Gasteiger partial charge in [-0.3, -0.25) is 4.68 Å². The molecular formula is C23H29Cl2N6O2S+. The van der Waals surface area contributed by atoms with Gasteiger partial charge in [0.2, 0.25) is 0 Å². The Hall–Kier alpha value is -2.17. The smallest absolute Gasteiger partial charge is 0.351 e. The molecule has 1 aliphatic rings. The molecule has 0 aliphatic carbocycles. The number of nitrogens with one attached hydrogen (secondary N) is 1. The summed E-state index contributed by atoms with van der Waals surface area (Å²) in [5.74, 6) is 0.876. The van der Waals surface area contributed by atoms with Gasteiger partial charge in [-0.05, 0) is 60.4 Å². The van der Waals surface area contributed by atoms with E-state index in [1.807, 2.05) is 32.9 Å². The lowest BCUT2D eigenvalue weighted by molar-refractivity contribution is 0.493. The summed E-state index contributed by atoms with van der Waals surface area (Å²) in [7, 11) is -1.98. The van der Waals surface area contributed by atoms with Crippen molar-refractivity contribution in [3.8, 4) is 11.1 Å². The van der Waals surface area contributed by atoms with Crippen LogP contribution in [0.15, 0.2) is 35.4 Å². The monoisotopic (exact) mass is 523 g/mol. The highest BCUT2D eigenvalue weighted by molar-refractivity contribution is 7.99. The minimum absolute atomic E-state index is 0.000436. The van der Waals surface area contributed by atoms with Gasteiger partial charge in [-0.1, -0.05) is 23.2 Å². The van der Waals surface area contributed by atoms with Crippen LogP contribution < -0.4 is 14.5 Å². The van der Waals surface area contributed by atoms with E-state index in [1.165, 1.54) is 4.31 Å². The van der Waals surface area contributed by atoms with Gasteiger partial charge in [0.1, 0.15) is 21.6 Å². The molecule has 1 saturated heterocycles. The van der Waals surface area contributed by atoms with Crippen molar-refractivity contribution in [2.24, 2.45) is 7.05 Å². The molecule has 34 heavy (non-hydrogen) atoms. The number of hydrogen-bond acceptors (Lipinski definition) is 5. The Morgan fingerprint density at radius 1 is 1.15 bits per heavy atom. The standard InChI is InChI=1S/C23H28Cl2N6O2S/c1-5-31(22-15(2)28-29(4)16(22)3)34(32,33)23-19(24)12-18(13-20(23)25)17-6-7-27-21(14-17)30-10-8-26-9-11-30/h6-7,12-14,26H,5,8-11H2,1-4H3/p+1. The summed E-state index contributed by atoms with van der Waals surface area (Å²) in [6, 6.07) is 7.24. The number of pyridine rings is 1. The molecule has 0 saturated carbocycles. The normalized spacial score (nSPS) is 15.9. The van der Waals surface area contributed by atoms with E-state index in [4.69, 9.17) is 23.2 Å². The van der Waals surface area contributed by atoms with E-state index in [1.54, 1.807) is 30.1 Å². The van der Waals surface area contributed by atoms with Gasteiger partial charge in [-0.15, -0.1) is 0 Å². The van der Waals surface area contributed by atoms with Gasteiger partial charge in [-0.2, -0.15) is 14.0 Å². The van der Waals surface area contributed by atoms with Crippen LogP contribution in [-0.2, 0) is 21.7 Å². The number of rotatable bonds is 6. The molecule has 1 aromatic carbocycles. The highest BCUT2D eigenvalue weighted by Gasteiger charge is 2.44. The first-order valence-electron chi connectivity index (χ1n) is 11.1. The Bertz CT molecular complexity index is 1240. The van der Waals surface area contributed by atoms with Crippen molar-refractivity contribution in [2.45, 2.75) is 25.7 Å². The van der Waals surface area contributed by atoms with Crippen molar-refractivity contribution in [3.63, 3.8) is 0 Å². The predicted octanol–water partition coefficient (Wildman–Crippen LogP) is 4.59. The van der Waals surface area contributed by atoms with Gasteiger partial charge in [0, 0.05) is 39.4 Å². The second kappa shape index (κ2) is 9.83. The lowest BCUT2D eigenvalue weighted by Gasteiger charge is -2.28. The molecule has 1 fully saturated rings. The minimum atomic E-state index is -3.78. The maximum atomic E-state index is 13.8. The van der Waals surface area contributed by atoms with Crippen molar-refractivity contribution in [2.75, 3.05) is 41.9 Å². The lowest BCUT2D eigenvalue weighted by atomic mass is 10.1. The van der Waals surface area contributed by atoms with Crippen molar-refractivity contribution in [1.29, 1.82) is 0 Å². The van der Waals surface area contributed by atoms with Crippen LogP contribution in [0.4, 0.5) is 11.5 Å². The number of piperazine rings is 1. The van der Waals surface area contributed by atoms with Gasteiger partial charge in [0.25, 0.3) is 4.90 Å². The number of hydrogen-bond donors (Lipinski definition) is 2. The molecule has 8 nitrogen and oxygen atoms in total. The fourth-order valence-corrected chi connectivity index (χ4v) is 7.13. The second-order valence-corrected chi connectivity index (χ2v) is 10.9. The molecule has 0 spiro atoms. The van der Waals surface area contributed by atoms with E-state index in [0.717, 1.165) is 48.8 Å². The van der Waals surface area contributed by atoms with Crippen LogP contribution in [0, 0.1) is 13.8 Å². The van der Waals surface area contributed by atoms with Crippen molar-refractivity contribution in [3.05, 3.63) is 51.9 Å². The number of anilines is 2. The first-order valence-corrected chi connectivity index (χ1v) is 13.3.